The van der Waals surface area contributed by atoms with Gasteiger partial charge in [0.15, 0.2) is 5.82 Å². The van der Waals surface area contributed by atoms with Crippen molar-refractivity contribution in [1.82, 2.24) is 10.1 Å². The highest BCUT2D eigenvalue weighted by Gasteiger charge is 2.42. The van der Waals surface area contributed by atoms with Crippen LogP contribution in [0.3, 0.4) is 0 Å². The first kappa shape index (κ1) is 24.9. The molecule has 0 aliphatic carbocycles. The normalized spacial score (nSPS) is 17.6. The Balaban J connectivity index is 1.78. The van der Waals surface area contributed by atoms with Crippen LogP contribution in [0.5, 0.6) is 0 Å². The van der Waals surface area contributed by atoms with Crippen molar-refractivity contribution in [3.8, 4) is 0 Å². The second-order valence-electron chi connectivity index (χ2n) is 8.40. The lowest BCUT2D eigenvalue weighted by Crippen LogP contribution is -2.34. The fourth-order valence-electron chi connectivity index (χ4n) is 4.34. The Bertz CT molecular complexity index is 1310. The number of carbonyl (C=O) groups excluding carboxylic acids is 1. The number of esters is 1. The zero-order valence-electron chi connectivity index (χ0n) is 20.2. The van der Waals surface area contributed by atoms with E-state index in [4.69, 9.17) is 14.0 Å². The summed E-state index contributed by atoms with van der Waals surface area (Å²) in [5.41, 5.74) is 3.11. The van der Waals surface area contributed by atoms with E-state index in [1.807, 2.05) is 30.3 Å². The second kappa shape index (κ2) is 11.0. The Morgan fingerprint density at radius 3 is 2.61 bits per heavy atom. The van der Waals surface area contributed by atoms with Gasteiger partial charge in [-0.2, -0.15) is 4.98 Å². The molecule has 0 amide bonds. The number of nitro groups is 1. The lowest BCUT2D eigenvalue weighted by atomic mass is 9.75. The number of carbonyl (C=O) groups is 1. The highest BCUT2D eigenvalue weighted by atomic mass is 16.6. The smallest absolute Gasteiger partial charge is 0.315 e. The predicted molar refractivity (Wildman–Crippen MR) is 131 cm³/mol. The van der Waals surface area contributed by atoms with Crippen LogP contribution in [0, 0.1) is 16.0 Å². The van der Waals surface area contributed by atoms with Crippen molar-refractivity contribution in [2.24, 2.45) is 10.9 Å². The highest BCUT2D eigenvalue weighted by Crippen LogP contribution is 2.44. The Labute approximate surface area is 207 Å². The number of aromatic nitrogens is 2. The minimum absolute atomic E-state index is 0.0700. The van der Waals surface area contributed by atoms with Gasteiger partial charge in [-0.15, -0.1) is 0 Å². The molecule has 3 aromatic rings. The molecule has 2 aromatic carbocycles. The van der Waals surface area contributed by atoms with Gasteiger partial charge in [0.2, 0.25) is 0 Å². The second-order valence-corrected chi connectivity index (χ2v) is 8.40. The number of hydrogen-bond donors (Lipinski definition) is 0. The van der Waals surface area contributed by atoms with Gasteiger partial charge in [0.1, 0.15) is 12.5 Å². The fraction of sp³-hybridized carbons (Fsp3) is 0.308. The van der Waals surface area contributed by atoms with Crippen LogP contribution in [0.25, 0.3) is 5.57 Å². The number of allylic oxidation sites excluding steroid dienone is 2. The summed E-state index contributed by atoms with van der Waals surface area (Å²) in [6, 6.07) is 15.9. The molecule has 0 fully saturated rings. The number of ether oxygens (including phenoxy) is 2. The molecule has 0 N–H and O–H groups in total. The van der Waals surface area contributed by atoms with E-state index >= 15 is 0 Å². The molecule has 10 nitrogen and oxygen atoms in total. The Kier molecular flexibility index (Phi) is 7.65. The molecule has 2 heterocycles. The van der Waals surface area contributed by atoms with E-state index in [9.17, 15) is 14.9 Å². The number of aliphatic imine (C=N–C) groups is 1. The predicted octanol–water partition coefficient (Wildman–Crippen LogP) is 4.36. The molecule has 0 saturated heterocycles. The molecule has 0 saturated carbocycles. The van der Waals surface area contributed by atoms with Crippen LogP contribution in [-0.2, 0) is 20.7 Å². The van der Waals surface area contributed by atoms with E-state index in [1.54, 1.807) is 26.0 Å². The van der Waals surface area contributed by atoms with Crippen LogP contribution in [0.1, 0.15) is 42.6 Å². The number of non-ortho nitro benzene ring substituents is 1. The van der Waals surface area contributed by atoms with E-state index in [2.05, 4.69) is 15.1 Å². The molecule has 0 spiro atoms. The maximum absolute atomic E-state index is 13.2. The highest BCUT2D eigenvalue weighted by molar-refractivity contribution is 6.06. The topological polar surface area (TPSA) is 130 Å². The van der Waals surface area contributed by atoms with Crippen LogP contribution in [0.4, 0.5) is 5.69 Å². The van der Waals surface area contributed by atoms with Crippen molar-refractivity contribution in [3.63, 3.8) is 0 Å². The Hall–Kier alpha value is -4.18. The monoisotopic (exact) mass is 490 g/mol. The molecule has 1 aromatic heterocycles. The minimum Gasteiger partial charge on any atom is -0.463 e. The number of rotatable bonds is 9. The van der Waals surface area contributed by atoms with Crippen molar-refractivity contribution < 1.29 is 23.7 Å². The van der Waals surface area contributed by atoms with Crippen molar-refractivity contribution in [3.05, 3.63) is 93.3 Å². The number of nitrogens with zero attached hydrogens (tertiary/aromatic N) is 4. The lowest BCUT2D eigenvalue weighted by molar-refractivity contribution is -0.384. The maximum atomic E-state index is 13.2. The summed E-state index contributed by atoms with van der Waals surface area (Å²) >= 11 is 0. The van der Waals surface area contributed by atoms with Crippen molar-refractivity contribution in [2.75, 3.05) is 20.3 Å². The zero-order valence-corrected chi connectivity index (χ0v) is 20.2. The summed E-state index contributed by atoms with van der Waals surface area (Å²) in [7, 11) is 1.51. The van der Waals surface area contributed by atoms with Crippen LogP contribution in [0.2, 0.25) is 0 Å². The zero-order chi connectivity index (χ0) is 25.7. The SMILES string of the molecule is COCCOC(=O)C1C(C)=NC(C)=C(c2nc(Cc3ccccc3)no2)C1c1cccc([N+](=O)[O-])c1. The first-order chi connectivity index (χ1) is 17.4. The molecule has 1 aliphatic heterocycles. The molecule has 2 unspecified atom stereocenters. The molecule has 1 aliphatic rings. The van der Waals surface area contributed by atoms with E-state index in [1.165, 1.54) is 19.2 Å². The van der Waals surface area contributed by atoms with E-state index in [0.29, 0.717) is 34.8 Å². The Morgan fingerprint density at radius 2 is 1.89 bits per heavy atom. The lowest BCUT2D eigenvalue weighted by Gasteiger charge is -2.31. The summed E-state index contributed by atoms with van der Waals surface area (Å²) in [4.78, 5) is 33.5. The molecule has 0 radical (unpaired) electrons. The summed E-state index contributed by atoms with van der Waals surface area (Å²) < 4.78 is 16.1. The summed E-state index contributed by atoms with van der Waals surface area (Å²) in [6.45, 7) is 3.84. The maximum Gasteiger partial charge on any atom is 0.315 e. The van der Waals surface area contributed by atoms with Gasteiger partial charge >= 0.3 is 5.97 Å². The standard InChI is InChI=1S/C26H26N4O6/c1-16-22(25-28-21(29-36-25)14-18-8-5-4-6-9-18)24(19-10-7-11-20(15-19)30(32)33)23(17(2)27-16)26(31)35-13-12-34-3/h4-11,15,23-24H,12-14H2,1-3H3. The van der Waals surface area contributed by atoms with E-state index in [-0.39, 0.29) is 24.8 Å². The van der Waals surface area contributed by atoms with Gasteiger partial charge in [-0.05, 0) is 25.0 Å². The number of benzene rings is 2. The van der Waals surface area contributed by atoms with Gasteiger partial charge in [-0.25, -0.2) is 0 Å². The van der Waals surface area contributed by atoms with E-state index < -0.39 is 22.7 Å². The number of hydrogen-bond acceptors (Lipinski definition) is 9. The summed E-state index contributed by atoms with van der Waals surface area (Å²) in [6.07, 6.45) is 0.461. The summed E-state index contributed by atoms with van der Waals surface area (Å²) in [5, 5.41) is 15.6. The van der Waals surface area contributed by atoms with Crippen LogP contribution >= 0.6 is 0 Å². The largest absolute Gasteiger partial charge is 0.463 e. The van der Waals surface area contributed by atoms with Crippen molar-refractivity contribution >= 4 is 22.9 Å². The van der Waals surface area contributed by atoms with Gasteiger partial charge < -0.3 is 14.0 Å². The third-order valence-corrected chi connectivity index (χ3v) is 5.96. The number of nitro benzene ring substituents is 1. The fourth-order valence-corrected chi connectivity index (χ4v) is 4.34. The van der Waals surface area contributed by atoms with Crippen molar-refractivity contribution in [2.45, 2.75) is 26.2 Å². The minimum atomic E-state index is -0.841. The molecular weight excluding hydrogens is 464 g/mol. The molecule has 4 rings (SSSR count). The van der Waals surface area contributed by atoms with Gasteiger partial charge in [0.05, 0.1) is 11.5 Å². The van der Waals surface area contributed by atoms with Gasteiger partial charge in [-0.1, -0.05) is 47.6 Å². The average molecular weight is 491 g/mol. The molecule has 0 bridgehead atoms. The van der Waals surface area contributed by atoms with E-state index in [0.717, 1.165) is 5.56 Å². The molecule has 36 heavy (non-hydrogen) atoms. The van der Waals surface area contributed by atoms with Crippen LogP contribution in [0.15, 0.2) is 69.8 Å². The third kappa shape index (κ3) is 5.38. The molecular formula is C26H26N4O6. The van der Waals surface area contributed by atoms with Crippen LogP contribution < -0.4 is 0 Å². The molecule has 10 heteroatoms. The van der Waals surface area contributed by atoms with Gasteiger partial charge in [0.25, 0.3) is 11.6 Å². The van der Waals surface area contributed by atoms with Gasteiger partial charge in [0, 0.05) is 48.6 Å². The Morgan fingerprint density at radius 1 is 1.11 bits per heavy atom. The quantitative estimate of drug-likeness (QED) is 0.187. The summed E-state index contributed by atoms with van der Waals surface area (Å²) in [5.74, 6) is -1.35. The first-order valence-electron chi connectivity index (χ1n) is 11.4. The average Bonchev–Trinajstić information content (AvgIpc) is 3.32. The molecule has 186 valence electrons. The first-order valence-corrected chi connectivity index (χ1v) is 11.4. The van der Waals surface area contributed by atoms with Gasteiger partial charge in [-0.3, -0.25) is 19.9 Å². The molecule has 2 atom stereocenters. The third-order valence-electron chi connectivity index (χ3n) is 5.96. The number of methoxy groups -OCH3 is 1. The van der Waals surface area contributed by atoms with Crippen molar-refractivity contribution in [1.29, 1.82) is 0 Å². The van der Waals surface area contributed by atoms with Crippen LogP contribution in [-0.4, -0.2) is 47.1 Å².